The summed E-state index contributed by atoms with van der Waals surface area (Å²) in [6.45, 7) is 2.41. The number of methoxy groups -OCH3 is 1. The van der Waals surface area contributed by atoms with Crippen LogP contribution in [0.15, 0.2) is 30.5 Å². The molecular weight excluding hydrogens is 344 g/mol. The quantitative estimate of drug-likeness (QED) is 0.761. The van der Waals surface area contributed by atoms with Crippen LogP contribution in [-0.4, -0.2) is 66.6 Å². The van der Waals surface area contributed by atoms with Crippen LogP contribution in [0, 0.1) is 0 Å². The fourth-order valence-corrected chi connectivity index (χ4v) is 3.36. The lowest BCUT2D eigenvalue weighted by Gasteiger charge is -2.25. The van der Waals surface area contributed by atoms with Gasteiger partial charge in [0.05, 0.1) is 25.4 Å². The molecular formula is C19H28N6O2. The fraction of sp³-hybridized carbons (Fsp3) is 0.526. The summed E-state index contributed by atoms with van der Waals surface area (Å²) >= 11 is 0. The van der Waals surface area contributed by atoms with E-state index in [0.717, 1.165) is 37.2 Å². The van der Waals surface area contributed by atoms with Crippen molar-refractivity contribution in [3.05, 3.63) is 41.7 Å². The fourth-order valence-electron chi connectivity index (χ4n) is 3.36. The van der Waals surface area contributed by atoms with E-state index in [0.29, 0.717) is 18.3 Å². The highest BCUT2D eigenvalue weighted by Gasteiger charge is 2.20. The molecule has 146 valence electrons. The van der Waals surface area contributed by atoms with Crippen LogP contribution in [0.5, 0.6) is 5.75 Å². The summed E-state index contributed by atoms with van der Waals surface area (Å²) < 4.78 is 7.13. The molecule has 1 aromatic heterocycles. The second-order valence-corrected chi connectivity index (χ2v) is 7.03. The van der Waals surface area contributed by atoms with E-state index in [2.05, 4.69) is 25.8 Å². The standard InChI is InChI=1S/C19H28N6O2/c1-24(2)18(14-5-4-6-16(11-14)27-3)12-21-19(26)17-13-25(23-22-17)15-7-9-20-10-8-15/h4-6,11,13,15,18,20H,7-10,12H2,1-3H3,(H,21,26). The lowest BCUT2D eigenvalue weighted by molar-refractivity contribution is 0.0937. The van der Waals surface area contributed by atoms with Crippen molar-refractivity contribution in [1.29, 1.82) is 0 Å². The van der Waals surface area contributed by atoms with Gasteiger partial charge in [-0.1, -0.05) is 17.3 Å². The molecule has 8 heteroatoms. The van der Waals surface area contributed by atoms with E-state index in [4.69, 9.17) is 4.74 Å². The molecule has 1 aromatic carbocycles. The molecule has 1 saturated heterocycles. The number of benzene rings is 1. The van der Waals surface area contributed by atoms with Crippen molar-refractivity contribution >= 4 is 5.91 Å². The van der Waals surface area contributed by atoms with Gasteiger partial charge < -0.3 is 20.3 Å². The highest BCUT2D eigenvalue weighted by Crippen LogP contribution is 2.22. The minimum Gasteiger partial charge on any atom is -0.497 e. The van der Waals surface area contributed by atoms with Gasteiger partial charge in [-0.2, -0.15) is 0 Å². The average Bonchev–Trinajstić information content (AvgIpc) is 3.19. The average molecular weight is 372 g/mol. The minimum atomic E-state index is -0.204. The normalized spacial score (nSPS) is 16.3. The Hall–Kier alpha value is -2.45. The van der Waals surface area contributed by atoms with Gasteiger partial charge in [-0.3, -0.25) is 4.79 Å². The number of carbonyl (C=O) groups is 1. The highest BCUT2D eigenvalue weighted by atomic mass is 16.5. The van der Waals surface area contributed by atoms with Gasteiger partial charge >= 0.3 is 0 Å². The third-order valence-corrected chi connectivity index (χ3v) is 4.98. The summed E-state index contributed by atoms with van der Waals surface area (Å²) in [7, 11) is 5.63. The Bertz CT molecular complexity index is 754. The van der Waals surface area contributed by atoms with E-state index in [1.54, 1.807) is 13.3 Å². The third kappa shape index (κ3) is 4.84. The number of hydrogen-bond acceptors (Lipinski definition) is 6. The molecule has 1 unspecified atom stereocenters. The molecule has 0 bridgehead atoms. The number of rotatable bonds is 7. The van der Waals surface area contributed by atoms with Crippen molar-refractivity contribution in [2.45, 2.75) is 24.9 Å². The largest absolute Gasteiger partial charge is 0.497 e. The Balaban J connectivity index is 1.63. The van der Waals surface area contributed by atoms with Crippen molar-refractivity contribution in [1.82, 2.24) is 30.5 Å². The summed E-state index contributed by atoms with van der Waals surface area (Å²) in [5.41, 5.74) is 1.44. The summed E-state index contributed by atoms with van der Waals surface area (Å²) in [6, 6.07) is 8.23. The monoisotopic (exact) mass is 372 g/mol. The summed E-state index contributed by atoms with van der Waals surface area (Å²) in [4.78, 5) is 14.6. The Morgan fingerprint density at radius 1 is 1.41 bits per heavy atom. The number of nitrogens with one attached hydrogen (secondary N) is 2. The number of aromatic nitrogens is 3. The second-order valence-electron chi connectivity index (χ2n) is 7.03. The minimum absolute atomic E-state index is 0.0310. The van der Waals surface area contributed by atoms with E-state index in [1.165, 1.54) is 0 Å². The number of hydrogen-bond donors (Lipinski definition) is 2. The van der Waals surface area contributed by atoms with Crippen molar-refractivity contribution < 1.29 is 9.53 Å². The molecule has 2 heterocycles. The molecule has 1 fully saturated rings. The maximum Gasteiger partial charge on any atom is 0.273 e. The Kier molecular flexibility index (Phi) is 6.41. The predicted molar refractivity (Wildman–Crippen MR) is 103 cm³/mol. The van der Waals surface area contributed by atoms with E-state index < -0.39 is 0 Å². The van der Waals surface area contributed by atoms with Crippen LogP contribution in [0.2, 0.25) is 0 Å². The molecule has 3 rings (SSSR count). The first-order chi connectivity index (χ1) is 13.1. The first-order valence-electron chi connectivity index (χ1n) is 9.29. The number of piperidine rings is 1. The molecule has 0 saturated carbocycles. The van der Waals surface area contributed by atoms with Gasteiger partial charge in [-0.25, -0.2) is 4.68 Å². The molecule has 1 aliphatic heterocycles. The van der Waals surface area contributed by atoms with Crippen LogP contribution in [0.3, 0.4) is 0 Å². The van der Waals surface area contributed by atoms with Crippen LogP contribution in [0.4, 0.5) is 0 Å². The number of likely N-dealkylation sites (N-methyl/N-ethyl adjacent to an activating group) is 1. The second kappa shape index (κ2) is 8.96. The molecule has 1 amide bonds. The first kappa shape index (κ1) is 19.3. The third-order valence-electron chi connectivity index (χ3n) is 4.98. The lowest BCUT2D eigenvalue weighted by atomic mass is 10.1. The van der Waals surface area contributed by atoms with E-state index in [-0.39, 0.29) is 11.9 Å². The number of nitrogens with zero attached hydrogens (tertiary/aromatic N) is 4. The van der Waals surface area contributed by atoms with E-state index in [1.807, 2.05) is 43.0 Å². The van der Waals surface area contributed by atoms with Crippen LogP contribution in [-0.2, 0) is 0 Å². The Morgan fingerprint density at radius 2 is 2.19 bits per heavy atom. The molecule has 27 heavy (non-hydrogen) atoms. The summed E-state index contributed by atoms with van der Waals surface area (Å²) in [5.74, 6) is 0.598. The maximum atomic E-state index is 12.5. The van der Waals surface area contributed by atoms with Crippen molar-refractivity contribution in [2.24, 2.45) is 0 Å². The number of ether oxygens (including phenoxy) is 1. The van der Waals surface area contributed by atoms with Crippen LogP contribution >= 0.6 is 0 Å². The molecule has 0 aliphatic carbocycles. The summed E-state index contributed by atoms with van der Waals surface area (Å²) in [6.07, 6.45) is 3.76. The topological polar surface area (TPSA) is 84.3 Å². The Morgan fingerprint density at radius 3 is 2.89 bits per heavy atom. The lowest BCUT2D eigenvalue weighted by Crippen LogP contribution is -2.34. The van der Waals surface area contributed by atoms with Gasteiger partial charge in [0.2, 0.25) is 0 Å². The van der Waals surface area contributed by atoms with Gasteiger partial charge in [0.1, 0.15) is 5.75 Å². The number of carbonyl (C=O) groups excluding carboxylic acids is 1. The predicted octanol–water partition coefficient (Wildman–Crippen LogP) is 1.24. The van der Waals surface area contributed by atoms with Gasteiger partial charge in [0.25, 0.3) is 5.91 Å². The van der Waals surface area contributed by atoms with Gasteiger partial charge in [-0.05, 0) is 57.7 Å². The Labute approximate surface area is 159 Å². The number of amides is 1. The molecule has 1 aliphatic rings. The molecule has 8 nitrogen and oxygen atoms in total. The molecule has 2 N–H and O–H groups in total. The summed E-state index contributed by atoms with van der Waals surface area (Å²) in [5, 5.41) is 14.5. The zero-order chi connectivity index (χ0) is 19.2. The van der Waals surface area contributed by atoms with Gasteiger partial charge in [-0.15, -0.1) is 5.10 Å². The smallest absolute Gasteiger partial charge is 0.273 e. The molecule has 2 aromatic rings. The molecule has 0 radical (unpaired) electrons. The van der Waals surface area contributed by atoms with Crippen molar-refractivity contribution in [3.8, 4) is 5.75 Å². The first-order valence-corrected chi connectivity index (χ1v) is 9.29. The SMILES string of the molecule is COc1cccc(C(CNC(=O)c2cn(C3CCNCC3)nn2)N(C)C)c1. The van der Waals surface area contributed by atoms with E-state index in [9.17, 15) is 4.79 Å². The van der Waals surface area contributed by atoms with Gasteiger partial charge in [0, 0.05) is 6.54 Å². The van der Waals surface area contributed by atoms with Gasteiger partial charge in [0.15, 0.2) is 5.69 Å². The van der Waals surface area contributed by atoms with Crippen LogP contribution in [0.1, 0.15) is 41.0 Å². The molecule has 1 atom stereocenters. The molecule has 0 spiro atoms. The zero-order valence-electron chi connectivity index (χ0n) is 16.2. The van der Waals surface area contributed by atoms with Crippen molar-refractivity contribution in [3.63, 3.8) is 0 Å². The van der Waals surface area contributed by atoms with Crippen molar-refractivity contribution in [2.75, 3.05) is 40.8 Å². The zero-order valence-corrected chi connectivity index (χ0v) is 16.2. The maximum absolute atomic E-state index is 12.5. The van der Waals surface area contributed by atoms with E-state index >= 15 is 0 Å². The highest BCUT2D eigenvalue weighted by molar-refractivity contribution is 5.91. The van der Waals surface area contributed by atoms with Crippen LogP contribution in [0.25, 0.3) is 0 Å². The van der Waals surface area contributed by atoms with Crippen LogP contribution < -0.4 is 15.4 Å².